The van der Waals surface area contributed by atoms with Crippen LogP contribution in [0.15, 0.2) is 34.9 Å². The molecule has 1 amide bonds. The van der Waals surface area contributed by atoms with Gasteiger partial charge in [-0.1, -0.05) is 35.5 Å². The molecule has 1 heterocycles. The van der Waals surface area contributed by atoms with E-state index in [1.165, 1.54) is 4.90 Å². The molecule has 0 radical (unpaired) electrons. The highest BCUT2D eigenvalue weighted by Gasteiger charge is 2.33. The molecule has 0 atom stereocenters. The normalized spacial score (nSPS) is 11.5. The summed E-state index contributed by atoms with van der Waals surface area (Å²) in [7, 11) is 0. The minimum Gasteiger partial charge on any atom is -0.360 e. The largest absolute Gasteiger partial charge is 0.360 e. The number of carbonyl (C=O) groups is 1. The van der Waals surface area contributed by atoms with E-state index in [0.717, 1.165) is 0 Å². The van der Waals surface area contributed by atoms with E-state index in [0.29, 0.717) is 5.56 Å². The molecule has 170 valence electrons. The molecular formula is C23H21F5N2O2. The molecule has 32 heavy (non-hydrogen) atoms. The highest BCUT2D eigenvalue weighted by atomic mass is 19.2. The number of nitrogens with zero attached hydrogens (tertiary/aromatic N) is 2. The fourth-order valence-electron chi connectivity index (χ4n) is 3.62. The summed E-state index contributed by atoms with van der Waals surface area (Å²) in [6, 6.07) is 7.97. The monoisotopic (exact) mass is 452 g/mol. The molecule has 0 fully saturated rings. The summed E-state index contributed by atoms with van der Waals surface area (Å²) >= 11 is 0. The van der Waals surface area contributed by atoms with Gasteiger partial charge in [0.2, 0.25) is 5.82 Å². The predicted molar refractivity (Wildman–Crippen MR) is 107 cm³/mol. The molecule has 9 heteroatoms. The van der Waals surface area contributed by atoms with Gasteiger partial charge in [0.1, 0.15) is 11.3 Å². The Bertz CT molecular complexity index is 1110. The topological polar surface area (TPSA) is 46.3 Å². The molecule has 0 bridgehead atoms. The van der Waals surface area contributed by atoms with Crippen LogP contribution in [-0.2, 0) is 6.42 Å². The lowest BCUT2D eigenvalue weighted by atomic mass is 9.99. The van der Waals surface area contributed by atoms with E-state index in [1.807, 2.05) is 0 Å². The number of amides is 1. The SMILES string of the molecule is CC(C)N(C(=O)c1c(-c2ccccc2)noc1Cc1c(F)c(F)c(F)c(F)c1F)C(C)C. The first-order chi connectivity index (χ1) is 15.1. The van der Waals surface area contributed by atoms with E-state index in [-0.39, 0.29) is 29.1 Å². The molecule has 0 aliphatic rings. The zero-order chi connectivity index (χ0) is 23.7. The Hall–Kier alpha value is -3.23. The Morgan fingerprint density at radius 3 is 1.88 bits per heavy atom. The molecule has 3 rings (SSSR count). The number of hydrogen-bond acceptors (Lipinski definition) is 3. The van der Waals surface area contributed by atoms with Crippen molar-refractivity contribution in [2.24, 2.45) is 0 Å². The fourth-order valence-corrected chi connectivity index (χ4v) is 3.62. The molecule has 0 unspecified atom stereocenters. The fraction of sp³-hybridized carbons (Fsp3) is 0.304. The van der Waals surface area contributed by atoms with Crippen LogP contribution in [-0.4, -0.2) is 28.0 Å². The van der Waals surface area contributed by atoms with E-state index < -0.39 is 47.0 Å². The molecule has 0 aliphatic carbocycles. The maximum absolute atomic E-state index is 14.3. The van der Waals surface area contributed by atoms with Gasteiger partial charge in [-0.15, -0.1) is 0 Å². The summed E-state index contributed by atoms with van der Waals surface area (Å²) in [5.74, 6) is -11.2. The lowest BCUT2D eigenvalue weighted by molar-refractivity contribution is 0.0642. The molecule has 1 aromatic heterocycles. The Morgan fingerprint density at radius 2 is 1.38 bits per heavy atom. The summed E-state index contributed by atoms with van der Waals surface area (Å²) in [5.41, 5.74) is -0.592. The van der Waals surface area contributed by atoms with Crippen molar-refractivity contribution in [3.63, 3.8) is 0 Å². The van der Waals surface area contributed by atoms with Crippen LogP contribution in [0.2, 0.25) is 0 Å². The second-order valence-electron chi connectivity index (χ2n) is 7.82. The standard InChI is InChI=1S/C23H21F5N2O2/c1-11(2)30(12(3)4)23(31)16-15(32-29-22(16)13-8-6-5-7-9-13)10-14-17(24)19(26)21(28)20(27)18(14)25/h5-9,11-12H,10H2,1-4H3. The average Bonchev–Trinajstić information content (AvgIpc) is 3.17. The van der Waals surface area contributed by atoms with Crippen LogP contribution in [0.5, 0.6) is 0 Å². The second-order valence-corrected chi connectivity index (χ2v) is 7.82. The minimum absolute atomic E-state index is 0.0949. The molecule has 0 spiro atoms. The van der Waals surface area contributed by atoms with Gasteiger partial charge in [0, 0.05) is 29.6 Å². The molecular weight excluding hydrogens is 431 g/mol. The van der Waals surface area contributed by atoms with Crippen molar-refractivity contribution >= 4 is 5.91 Å². The van der Waals surface area contributed by atoms with Crippen molar-refractivity contribution in [2.75, 3.05) is 0 Å². The lowest BCUT2D eigenvalue weighted by Crippen LogP contribution is -2.42. The number of rotatable bonds is 6. The number of hydrogen-bond donors (Lipinski definition) is 0. The van der Waals surface area contributed by atoms with E-state index >= 15 is 0 Å². The zero-order valence-electron chi connectivity index (χ0n) is 17.8. The van der Waals surface area contributed by atoms with Crippen molar-refractivity contribution < 1.29 is 31.3 Å². The van der Waals surface area contributed by atoms with E-state index in [2.05, 4.69) is 5.16 Å². The Kier molecular flexibility index (Phi) is 6.66. The molecule has 0 aliphatic heterocycles. The van der Waals surface area contributed by atoms with Crippen molar-refractivity contribution in [2.45, 2.75) is 46.2 Å². The van der Waals surface area contributed by atoms with Crippen LogP contribution >= 0.6 is 0 Å². The van der Waals surface area contributed by atoms with Crippen molar-refractivity contribution in [1.29, 1.82) is 0 Å². The number of benzene rings is 2. The molecule has 0 N–H and O–H groups in total. The number of halogens is 5. The highest BCUT2D eigenvalue weighted by molar-refractivity contribution is 6.01. The zero-order valence-corrected chi connectivity index (χ0v) is 17.8. The van der Waals surface area contributed by atoms with Crippen molar-refractivity contribution in [1.82, 2.24) is 10.1 Å². The number of carbonyl (C=O) groups excluding carboxylic acids is 1. The summed E-state index contributed by atoms with van der Waals surface area (Å²) in [4.78, 5) is 15.0. The first-order valence-corrected chi connectivity index (χ1v) is 9.93. The van der Waals surface area contributed by atoms with Gasteiger partial charge >= 0.3 is 0 Å². The van der Waals surface area contributed by atoms with E-state index in [9.17, 15) is 26.7 Å². The Labute approximate surface area is 181 Å². The Morgan fingerprint density at radius 1 is 0.875 bits per heavy atom. The van der Waals surface area contributed by atoms with Crippen LogP contribution in [0.1, 0.15) is 49.4 Å². The molecule has 3 aromatic rings. The molecule has 0 saturated heterocycles. The van der Waals surface area contributed by atoms with Crippen LogP contribution in [0.3, 0.4) is 0 Å². The van der Waals surface area contributed by atoms with Gasteiger partial charge in [0.25, 0.3) is 5.91 Å². The van der Waals surface area contributed by atoms with Gasteiger partial charge in [0.05, 0.1) is 0 Å². The summed E-state index contributed by atoms with van der Waals surface area (Å²) < 4.78 is 74.6. The van der Waals surface area contributed by atoms with Crippen molar-refractivity contribution in [3.05, 3.63) is 76.3 Å². The maximum atomic E-state index is 14.3. The average molecular weight is 452 g/mol. The van der Waals surface area contributed by atoms with E-state index in [4.69, 9.17) is 4.52 Å². The first kappa shape index (κ1) is 23.4. The molecule has 4 nitrogen and oxygen atoms in total. The van der Waals surface area contributed by atoms with Crippen LogP contribution in [0, 0.1) is 29.1 Å². The smallest absolute Gasteiger partial charge is 0.260 e. The minimum atomic E-state index is -2.26. The highest BCUT2D eigenvalue weighted by Crippen LogP contribution is 2.32. The van der Waals surface area contributed by atoms with Gasteiger partial charge in [-0.25, -0.2) is 22.0 Å². The summed E-state index contributed by atoms with van der Waals surface area (Å²) in [5, 5.41) is 3.90. The quantitative estimate of drug-likeness (QED) is 0.266. The summed E-state index contributed by atoms with van der Waals surface area (Å²) in [6.45, 7) is 7.16. The van der Waals surface area contributed by atoms with Crippen LogP contribution in [0.4, 0.5) is 22.0 Å². The van der Waals surface area contributed by atoms with Gasteiger partial charge in [0.15, 0.2) is 29.0 Å². The Balaban J connectivity index is 2.21. The third kappa shape index (κ3) is 4.11. The third-order valence-corrected chi connectivity index (χ3v) is 5.01. The maximum Gasteiger partial charge on any atom is 0.260 e. The van der Waals surface area contributed by atoms with Crippen molar-refractivity contribution in [3.8, 4) is 11.3 Å². The van der Waals surface area contributed by atoms with Gasteiger partial charge < -0.3 is 9.42 Å². The van der Waals surface area contributed by atoms with E-state index in [1.54, 1.807) is 58.0 Å². The van der Waals surface area contributed by atoms with Gasteiger partial charge in [-0.3, -0.25) is 4.79 Å². The second kappa shape index (κ2) is 9.10. The first-order valence-electron chi connectivity index (χ1n) is 9.93. The van der Waals surface area contributed by atoms with Crippen LogP contribution in [0.25, 0.3) is 11.3 Å². The predicted octanol–water partition coefficient (Wildman–Crippen LogP) is 5.89. The molecule has 2 aromatic carbocycles. The number of aromatic nitrogens is 1. The van der Waals surface area contributed by atoms with Gasteiger partial charge in [-0.05, 0) is 27.7 Å². The lowest BCUT2D eigenvalue weighted by Gasteiger charge is -2.30. The van der Waals surface area contributed by atoms with Gasteiger partial charge in [-0.2, -0.15) is 0 Å². The van der Waals surface area contributed by atoms with Crippen LogP contribution < -0.4 is 0 Å². The molecule has 0 saturated carbocycles. The third-order valence-electron chi connectivity index (χ3n) is 5.01. The summed E-state index contributed by atoms with van der Waals surface area (Å²) in [6.07, 6.45) is -0.850.